The molecule has 1 aromatic rings. The number of allylic oxidation sites excluding steroid dienone is 7. The van der Waals surface area contributed by atoms with Crippen molar-refractivity contribution in [2.75, 3.05) is 0 Å². The summed E-state index contributed by atoms with van der Waals surface area (Å²) in [4.78, 5) is 0. The number of hydrogen-bond donors (Lipinski definition) is 0. The van der Waals surface area contributed by atoms with Crippen LogP contribution in [-0.4, -0.2) is 0 Å². The third-order valence-electron chi connectivity index (χ3n) is 3.75. The van der Waals surface area contributed by atoms with E-state index in [1.165, 1.54) is 22.3 Å². The second-order valence-electron chi connectivity index (χ2n) is 5.02. The molecule has 2 nitrogen and oxygen atoms in total. The Kier molecular flexibility index (Phi) is 2.59. The van der Waals surface area contributed by atoms with E-state index in [0.29, 0.717) is 6.61 Å². The van der Waals surface area contributed by atoms with Gasteiger partial charge in [-0.3, -0.25) is 0 Å². The van der Waals surface area contributed by atoms with E-state index < -0.39 is 0 Å². The van der Waals surface area contributed by atoms with Gasteiger partial charge in [-0.1, -0.05) is 42.5 Å². The average Bonchev–Trinajstić information content (AvgIpc) is 2.54. The van der Waals surface area contributed by atoms with Crippen molar-refractivity contribution in [1.82, 2.24) is 0 Å². The van der Waals surface area contributed by atoms with Gasteiger partial charge in [0.1, 0.15) is 12.4 Å². The van der Waals surface area contributed by atoms with Crippen molar-refractivity contribution in [1.29, 1.82) is 0 Å². The first-order chi connectivity index (χ1) is 9.92. The molecule has 0 spiro atoms. The Morgan fingerprint density at radius 2 is 2.00 bits per heavy atom. The maximum Gasteiger partial charge on any atom is 0.138 e. The molecule has 0 aromatic heterocycles. The summed E-state index contributed by atoms with van der Waals surface area (Å²) < 4.78 is 11.4. The highest BCUT2D eigenvalue weighted by Crippen LogP contribution is 2.36. The molecule has 20 heavy (non-hydrogen) atoms. The molecule has 0 saturated heterocycles. The van der Waals surface area contributed by atoms with Crippen LogP contribution in [0.5, 0.6) is 0 Å². The van der Waals surface area contributed by atoms with Gasteiger partial charge in [0.2, 0.25) is 0 Å². The molecule has 3 aliphatic rings. The van der Waals surface area contributed by atoms with Crippen LogP contribution in [0, 0.1) is 0 Å². The van der Waals surface area contributed by atoms with Gasteiger partial charge in [-0.2, -0.15) is 0 Å². The maximum atomic E-state index is 5.82. The quantitative estimate of drug-likeness (QED) is 0.753. The first-order valence-electron chi connectivity index (χ1n) is 6.77. The topological polar surface area (TPSA) is 18.5 Å². The third kappa shape index (κ3) is 1.81. The maximum absolute atomic E-state index is 5.82. The van der Waals surface area contributed by atoms with Crippen molar-refractivity contribution in [2.45, 2.75) is 13.0 Å². The molecule has 1 aliphatic carbocycles. The summed E-state index contributed by atoms with van der Waals surface area (Å²) in [6.07, 6.45) is 13.0. The summed E-state index contributed by atoms with van der Waals surface area (Å²) in [5.41, 5.74) is 5.84. The highest BCUT2D eigenvalue weighted by molar-refractivity contribution is 5.80. The first-order valence-corrected chi connectivity index (χ1v) is 6.77. The summed E-state index contributed by atoms with van der Waals surface area (Å²) in [6.45, 7) is 0.624. The molecule has 0 radical (unpaired) electrons. The zero-order chi connectivity index (χ0) is 13.4. The molecule has 1 aromatic carbocycles. The van der Waals surface area contributed by atoms with Crippen molar-refractivity contribution in [3.63, 3.8) is 0 Å². The fourth-order valence-corrected chi connectivity index (χ4v) is 2.68. The molecular formula is C18H14O2. The average molecular weight is 262 g/mol. The van der Waals surface area contributed by atoms with Gasteiger partial charge in [-0.05, 0) is 34.8 Å². The Bertz CT molecular complexity index is 715. The molecule has 0 bridgehead atoms. The van der Waals surface area contributed by atoms with Crippen LogP contribution in [0.2, 0.25) is 0 Å². The monoisotopic (exact) mass is 262 g/mol. The molecule has 0 N–H and O–H groups in total. The molecule has 98 valence electrons. The van der Waals surface area contributed by atoms with Crippen LogP contribution in [-0.2, 0) is 16.1 Å². The predicted octanol–water partition coefficient (Wildman–Crippen LogP) is 4.24. The van der Waals surface area contributed by atoms with Gasteiger partial charge in [0.25, 0.3) is 0 Å². The summed E-state index contributed by atoms with van der Waals surface area (Å²) in [6, 6.07) is 8.29. The minimum atomic E-state index is 0.624. The van der Waals surface area contributed by atoms with Crippen LogP contribution in [0.15, 0.2) is 78.0 Å². The van der Waals surface area contributed by atoms with Gasteiger partial charge in [-0.25, -0.2) is 0 Å². The standard InChI is InChI=1S/C18H14O2/c1-2-6-14-11-20-18(9-13(14)5-1)17-12-19-10-15-7-3-4-8-16(15)17/h1-5,7-9,11-12H,6,10H2. The summed E-state index contributed by atoms with van der Waals surface area (Å²) in [7, 11) is 0. The summed E-state index contributed by atoms with van der Waals surface area (Å²) >= 11 is 0. The minimum absolute atomic E-state index is 0.624. The zero-order valence-corrected chi connectivity index (χ0v) is 11.0. The van der Waals surface area contributed by atoms with Crippen molar-refractivity contribution in [2.24, 2.45) is 0 Å². The fraction of sp³-hybridized carbons (Fsp3) is 0.111. The van der Waals surface area contributed by atoms with Crippen LogP contribution < -0.4 is 0 Å². The summed E-state index contributed by atoms with van der Waals surface area (Å²) in [5.74, 6) is 0.849. The van der Waals surface area contributed by atoms with Crippen molar-refractivity contribution in [3.8, 4) is 0 Å². The van der Waals surface area contributed by atoms with Gasteiger partial charge >= 0.3 is 0 Å². The Balaban J connectivity index is 1.76. The van der Waals surface area contributed by atoms with Gasteiger partial charge in [-0.15, -0.1) is 0 Å². The second kappa shape index (κ2) is 4.57. The SMILES string of the molecule is C1=CCC2=COC(C3=COCc4ccccc43)=CC2=C1. The molecular weight excluding hydrogens is 248 g/mol. The van der Waals surface area contributed by atoms with Crippen LogP contribution >= 0.6 is 0 Å². The molecule has 2 aliphatic heterocycles. The van der Waals surface area contributed by atoms with Crippen LogP contribution in [0.3, 0.4) is 0 Å². The van der Waals surface area contributed by atoms with E-state index in [9.17, 15) is 0 Å². The van der Waals surface area contributed by atoms with Crippen LogP contribution in [0.4, 0.5) is 0 Å². The van der Waals surface area contributed by atoms with Crippen LogP contribution in [0.1, 0.15) is 17.5 Å². The van der Waals surface area contributed by atoms with Gasteiger partial charge in [0, 0.05) is 0 Å². The lowest BCUT2D eigenvalue weighted by Crippen LogP contribution is -2.07. The van der Waals surface area contributed by atoms with Gasteiger partial charge < -0.3 is 9.47 Å². The molecule has 2 heteroatoms. The molecule has 4 rings (SSSR count). The molecule has 0 atom stereocenters. The molecule has 2 heterocycles. The van der Waals surface area contributed by atoms with E-state index in [0.717, 1.165) is 17.8 Å². The predicted molar refractivity (Wildman–Crippen MR) is 78.3 cm³/mol. The van der Waals surface area contributed by atoms with Crippen LogP contribution in [0.25, 0.3) is 5.57 Å². The highest BCUT2D eigenvalue weighted by atomic mass is 16.5. The van der Waals surface area contributed by atoms with E-state index in [-0.39, 0.29) is 0 Å². The van der Waals surface area contributed by atoms with E-state index >= 15 is 0 Å². The first kappa shape index (κ1) is 11.4. The lowest BCUT2D eigenvalue weighted by Gasteiger charge is -2.23. The Morgan fingerprint density at radius 3 is 3.00 bits per heavy atom. The van der Waals surface area contributed by atoms with Crippen molar-refractivity contribution < 1.29 is 9.47 Å². The number of ether oxygens (including phenoxy) is 2. The molecule has 0 unspecified atom stereocenters. The second-order valence-corrected chi connectivity index (χ2v) is 5.02. The summed E-state index contributed by atoms with van der Waals surface area (Å²) in [5, 5.41) is 0. The van der Waals surface area contributed by atoms with E-state index in [1.807, 2.05) is 18.4 Å². The molecule has 0 amide bonds. The Hall–Kier alpha value is -2.48. The lowest BCUT2D eigenvalue weighted by atomic mass is 9.93. The fourth-order valence-electron chi connectivity index (χ4n) is 2.68. The normalized spacial score (nSPS) is 19.4. The Morgan fingerprint density at radius 1 is 1.05 bits per heavy atom. The Labute approximate surface area is 118 Å². The van der Waals surface area contributed by atoms with E-state index in [2.05, 4.69) is 36.4 Å². The number of fused-ring (bicyclic) bond motifs is 2. The lowest BCUT2D eigenvalue weighted by molar-refractivity contribution is 0.230. The van der Waals surface area contributed by atoms with Gasteiger partial charge in [0.15, 0.2) is 0 Å². The highest BCUT2D eigenvalue weighted by Gasteiger charge is 2.21. The minimum Gasteiger partial charge on any atom is -0.496 e. The van der Waals surface area contributed by atoms with Gasteiger partial charge in [0.05, 0.1) is 18.1 Å². The van der Waals surface area contributed by atoms with E-state index in [1.54, 1.807) is 6.26 Å². The van der Waals surface area contributed by atoms with E-state index in [4.69, 9.17) is 9.47 Å². The molecule has 0 saturated carbocycles. The number of benzene rings is 1. The van der Waals surface area contributed by atoms with Crippen molar-refractivity contribution >= 4 is 5.57 Å². The van der Waals surface area contributed by atoms with Crippen molar-refractivity contribution in [3.05, 3.63) is 89.1 Å². The number of rotatable bonds is 1. The zero-order valence-electron chi connectivity index (χ0n) is 11.0. The third-order valence-corrected chi connectivity index (χ3v) is 3.75. The smallest absolute Gasteiger partial charge is 0.138 e. The number of hydrogen-bond acceptors (Lipinski definition) is 2. The molecule has 0 fully saturated rings. The largest absolute Gasteiger partial charge is 0.496 e.